The molecule has 0 saturated carbocycles. The number of aryl methyl sites for hydroxylation is 1. The third-order valence-electron chi connectivity index (χ3n) is 6.18. The number of nitrogens with one attached hydrogen (secondary N) is 2. The molecule has 3 aromatic carbocycles. The first-order chi connectivity index (χ1) is 18.3. The van der Waals surface area contributed by atoms with Gasteiger partial charge in [-0.3, -0.25) is 13.9 Å². The van der Waals surface area contributed by atoms with Gasteiger partial charge in [-0.2, -0.15) is 0 Å². The molecule has 1 aliphatic heterocycles. The van der Waals surface area contributed by atoms with Gasteiger partial charge in [-0.15, -0.1) is 0 Å². The first kappa shape index (κ1) is 27.2. The largest absolute Gasteiger partial charge is 0.495 e. The quantitative estimate of drug-likeness (QED) is 0.407. The van der Waals surface area contributed by atoms with Gasteiger partial charge in [-0.25, -0.2) is 8.42 Å². The Morgan fingerprint density at radius 1 is 1.05 bits per heavy atom. The minimum absolute atomic E-state index is 0.0261. The highest BCUT2D eigenvalue weighted by molar-refractivity contribution is 7.92. The predicted octanol–water partition coefficient (Wildman–Crippen LogP) is 3.75. The van der Waals surface area contributed by atoms with E-state index in [1.54, 1.807) is 60.7 Å². The van der Waals surface area contributed by atoms with E-state index in [0.29, 0.717) is 18.9 Å². The van der Waals surface area contributed by atoms with Gasteiger partial charge < -0.3 is 20.1 Å². The van der Waals surface area contributed by atoms with E-state index in [4.69, 9.17) is 9.47 Å². The van der Waals surface area contributed by atoms with Crippen LogP contribution in [0.15, 0.2) is 77.7 Å². The van der Waals surface area contributed by atoms with Crippen molar-refractivity contribution in [3.8, 4) is 5.75 Å². The van der Waals surface area contributed by atoms with Crippen LogP contribution in [-0.4, -0.2) is 53.1 Å². The molecule has 4 rings (SSSR count). The summed E-state index contributed by atoms with van der Waals surface area (Å²) in [5.74, 6) is -0.672. The lowest BCUT2D eigenvalue weighted by molar-refractivity contribution is -0.114. The van der Waals surface area contributed by atoms with Crippen molar-refractivity contribution in [1.82, 2.24) is 5.32 Å². The summed E-state index contributed by atoms with van der Waals surface area (Å²) in [6.45, 7) is 2.34. The molecule has 38 heavy (non-hydrogen) atoms. The molecule has 1 aliphatic rings. The Balaban J connectivity index is 1.60. The Morgan fingerprint density at radius 2 is 1.79 bits per heavy atom. The predicted molar refractivity (Wildman–Crippen MR) is 145 cm³/mol. The summed E-state index contributed by atoms with van der Waals surface area (Å²) in [6, 6.07) is 19.6. The number of carbonyl (C=O) groups is 2. The molecule has 0 aliphatic carbocycles. The van der Waals surface area contributed by atoms with Crippen molar-refractivity contribution in [3.63, 3.8) is 0 Å². The van der Waals surface area contributed by atoms with Gasteiger partial charge in [0.15, 0.2) is 0 Å². The number of amides is 2. The lowest BCUT2D eigenvalue weighted by Crippen LogP contribution is -2.39. The number of hydrogen-bond acceptors (Lipinski definition) is 6. The van der Waals surface area contributed by atoms with E-state index >= 15 is 0 Å². The van der Waals surface area contributed by atoms with E-state index < -0.39 is 22.5 Å². The molecule has 2 amide bonds. The van der Waals surface area contributed by atoms with Gasteiger partial charge in [0, 0.05) is 13.2 Å². The van der Waals surface area contributed by atoms with Gasteiger partial charge in [-0.1, -0.05) is 36.4 Å². The monoisotopic (exact) mass is 537 g/mol. The Bertz CT molecular complexity index is 1390. The van der Waals surface area contributed by atoms with Crippen LogP contribution in [-0.2, 0) is 19.6 Å². The molecule has 9 nitrogen and oxygen atoms in total. The van der Waals surface area contributed by atoms with Crippen molar-refractivity contribution in [2.24, 2.45) is 0 Å². The number of para-hydroxylation sites is 1. The maximum Gasteiger partial charge on any atom is 0.264 e. The molecule has 200 valence electrons. The van der Waals surface area contributed by atoms with Crippen molar-refractivity contribution in [1.29, 1.82) is 0 Å². The van der Waals surface area contributed by atoms with Gasteiger partial charge in [0.05, 0.1) is 35.0 Å². The molecule has 1 fully saturated rings. The minimum atomic E-state index is -4.14. The highest BCUT2D eigenvalue weighted by atomic mass is 32.2. The molecule has 0 spiro atoms. The van der Waals surface area contributed by atoms with Crippen LogP contribution in [0.2, 0.25) is 0 Å². The van der Waals surface area contributed by atoms with Crippen molar-refractivity contribution in [3.05, 3.63) is 83.9 Å². The van der Waals surface area contributed by atoms with Crippen LogP contribution in [0.5, 0.6) is 5.75 Å². The van der Waals surface area contributed by atoms with Crippen molar-refractivity contribution >= 4 is 33.2 Å². The topological polar surface area (TPSA) is 114 Å². The smallest absolute Gasteiger partial charge is 0.264 e. The van der Waals surface area contributed by atoms with Gasteiger partial charge in [0.2, 0.25) is 5.91 Å². The molecule has 1 heterocycles. The molecule has 3 aromatic rings. The third kappa shape index (κ3) is 6.32. The Morgan fingerprint density at radius 3 is 2.50 bits per heavy atom. The molecule has 0 aromatic heterocycles. The van der Waals surface area contributed by atoms with Crippen LogP contribution in [0.3, 0.4) is 0 Å². The third-order valence-corrected chi connectivity index (χ3v) is 7.96. The summed E-state index contributed by atoms with van der Waals surface area (Å²) in [5.41, 5.74) is 1.57. The number of rotatable bonds is 10. The number of hydrogen-bond donors (Lipinski definition) is 2. The van der Waals surface area contributed by atoms with Gasteiger partial charge in [0.25, 0.3) is 15.9 Å². The fraction of sp³-hybridized carbons (Fsp3) is 0.286. The molecule has 10 heteroatoms. The number of methoxy groups -OCH3 is 1. The van der Waals surface area contributed by atoms with E-state index in [0.717, 1.165) is 22.7 Å². The fourth-order valence-electron chi connectivity index (χ4n) is 4.23. The Labute approximate surface area is 222 Å². The van der Waals surface area contributed by atoms with E-state index in [1.807, 2.05) is 6.92 Å². The zero-order valence-electron chi connectivity index (χ0n) is 21.3. The molecule has 1 saturated heterocycles. The van der Waals surface area contributed by atoms with E-state index in [9.17, 15) is 18.0 Å². The molecule has 0 radical (unpaired) electrons. The second kappa shape index (κ2) is 12.1. The second-order valence-corrected chi connectivity index (χ2v) is 10.8. The summed E-state index contributed by atoms with van der Waals surface area (Å²) in [4.78, 5) is 26.2. The first-order valence-corrected chi connectivity index (χ1v) is 13.7. The molecule has 0 unspecified atom stereocenters. The Kier molecular flexibility index (Phi) is 8.65. The molecular weight excluding hydrogens is 506 g/mol. The average Bonchev–Trinajstić information content (AvgIpc) is 3.45. The van der Waals surface area contributed by atoms with E-state index in [-0.39, 0.29) is 33.8 Å². The van der Waals surface area contributed by atoms with Crippen LogP contribution in [0, 0.1) is 6.92 Å². The number of anilines is 2. The lowest BCUT2D eigenvalue weighted by atomic mass is 10.1. The zero-order chi connectivity index (χ0) is 27.1. The van der Waals surface area contributed by atoms with E-state index in [2.05, 4.69) is 10.6 Å². The number of nitrogens with zero attached hydrogens (tertiary/aromatic N) is 1. The van der Waals surface area contributed by atoms with E-state index in [1.165, 1.54) is 19.2 Å². The molecule has 1 atom stereocenters. The number of carbonyl (C=O) groups excluding carboxylic acids is 2. The number of sulfonamides is 1. The van der Waals surface area contributed by atoms with Crippen molar-refractivity contribution < 1.29 is 27.5 Å². The summed E-state index contributed by atoms with van der Waals surface area (Å²) in [6.07, 6.45) is 1.82. The van der Waals surface area contributed by atoms with Crippen LogP contribution >= 0.6 is 0 Å². The molecule has 0 bridgehead atoms. The molecular formula is C28H31N3O6S. The van der Waals surface area contributed by atoms with Crippen molar-refractivity contribution in [2.75, 3.05) is 36.4 Å². The van der Waals surface area contributed by atoms with Gasteiger partial charge in [-0.05, 0) is 61.7 Å². The minimum Gasteiger partial charge on any atom is -0.495 e. The first-order valence-electron chi connectivity index (χ1n) is 12.3. The van der Waals surface area contributed by atoms with Crippen LogP contribution in [0.4, 0.5) is 11.4 Å². The van der Waals surface area contributed by atoms with Crippen LogP contribution in [0.25, 0.3) is 0 Å². The number of ether oxygens (including phenoxy) is 2. The SMILES string of the molecule is COc1ccc(C)cc1N(CC(=O)Nc1ccccc1C(=O)NC[C@@H]1CCCO1)S(=O)(=O)c1ccccc1. The summed E-state index contributed by atoms with van der Waals surface area (Å²) < 4.78 is 39.4. The van der Waals surface area contributed by atoms with Crippen LogP contribution < -0.4 is 19.7 Å². The fourth-order valence-corrected chi connectivity index (χ4v) is 5.68. The standard InChI is InChI=1S/C28H31N3O6S/c1-20-14-15-26(36-2)25(17-20)31(38(34,35)22-10-4-3-5-11-22)19-27(32)30-24-13-7-6-12-23(24)28(33)29-18-21-9-8-16-37-21/h3-7,10-15,17,21H,8-9,16,18-19H2,1-2H3,(H,29,33)(H,30,32)/t21-/m0/s1. The summed E-state index contributed by atoms with van der Waals surface area (Å²) in [7, 11) is -2.70. The van der Waals surface area contributed by atoms with Gasteiger partial charge >= 0.3 is 0 Å². The summed E-state index contributed by atoms with van der Waals surface area (Å²) in [5, 5.41) is 5.57. The van der Waals surface area contributed by atoms with Crippen molar-refractivity contribution in [2.45, 2.75) is 30.8 Å². The highest BCUT2D eigenvalue weighted by Gasteiger charge is 2.30. The second-order valence-electron chi connectivity index (χ2n) is 8.94. The maximum atomic E-state index is 13.7. The maximum absolute atomic E-state index is 13.7. The lowest BCUT2D eigenvalue weighted by Gasteiger charge is -2.26. The Hall–Kier alpha value is -3.89. The van der Waals surface area contributed by atoms with Crippen LogP contribution in [0.1, 0.15) is 28.8 Å². The van der Waals surface area contributed by atoms with Gasteiger partial charge in [0.1, 0.15) is 12.3 Å². The normalized spacial score (nSPS) is 15.1. The summed E-state index contributed by atoms with van der Waals surface area (Å²) >= 11 is 0. The average molecular weight is 538 g/mol. The number of benzene rings is 3. The zero-order valence-corrected chi connectivity index (χ0v) is 22.2. The highest BCUT2D eigenvalue weighted by Crippen LogP contribution is 2.33. The molecule has 2 N–H and O–H groups in total.